The van der Waals surface area contributed by atoms with Crippen LogP contribution < -0.4 is 0 Å². The summed E-state index contributed by atoms with van der Waals surface area (Å²) in [7, 11) is -4.19. The van der Waals surface area contributed by atoms with Crippen LogP contribution in [0.3, 0.4) is 0 Å². The van der Waals surface area contributed by atoms with E-state index in [-0.39, 0.29) is 29.3 Å². The van der Waals surface area contributed by atoms with E-state index in [4.69, 9.17) is 4.42 Å². The topological polar surface area (TPSA) is 80.7 Å². The highest BCUT2D eigenvalue weighted by molar-refractivity contribution is 7.89. The van der Waals surface area contributed by atoms with Crippen molar-refractivity contribution in [3.8, 4) is 0 Å². The van der Waals surface area contributed by atoms with Crippen LogP contribution in [0.5, 0.6) is 0 Å². The molecule has 28 heavy (non-hydrogen) atoms. The minimum Gasteiger partial charge on any atom is -0.469 e. The fourth-order valence-corrected chi connectivity index (χ4v) is 4.50. The fourth-order valence-electron chi connectivity index (χ4n) is 2.82. The summed E-state index contributed by atoms with van der Waals surface area (Å²) < 4.78 is 73.0. The molecule has 0 aromatic carbocycles. The summed E-state index contributed by atoms with van der Waals surface area (Å²) in [5.74, 6) is 0.582. The smallest absolute Gasteiger partial charge is 0.433 e. The number of hydrogen-bond donors (Lipinski definition) is 0. The molecule has 3 aromatic rings. The van der Waals surface area contributed by atoms with Gasteiger partial charge in [-0.3, -0.25) is 0 Å². The molecule has 3 heterocycles. The Bertz CT molecular complexity index is 1090. The van der Waals surface area contributed by atoms with Gasteiger partial charge in [-0.25, -0.2) is 17.9 Å². The summed E-state index contributed by atoms with van der Waals surface area (Å²) in [4.78, 5) is 3.48. The Kier molecular flexibility index (Phi) is 5.31. The Balaban J connectivity index is 2.07. The van der Waals surface area contributed by atoms with Gasteiger partial charge in [-0.2, -0.15) is 22.6 Å². The predicted molar refractivity (Wildman–Crippen MR) is 94.1 cm³/mol. The molecule has 0 atom stereocenters. The molecule has 0 unspecified atom stereocenters. The second-order valence-corrected chi connectivity index (χ2v) is 7.83. The highest BCUT2D eigenvalue weighted by Crippen LogP contribution is 2.32. The molecule has 0 amide bonds. The molecule has 0 fully saturated rings. The van der Waals surface area contributed by atoms with Crippen molar-refractivity contribution >= 4 is 15.7 Å². The third-order valence-corrected chi connectivity index (χ3v) is 6.05. The molecule has 7 nitrogen and oxygen atoms in total. The number of halogens is 3. The van der Waals surface area contributed by atoms with E-state index < -0.39 is 21.9 Å². The number of rotatable bonds is 7. The molecule has 11 heteroatoms. The minimum atomic E-state index is -4.71. The number of alkyl halides is 3. The Morgan fingerprint density at radius 2 is 2.11 bits per heavy atom. The third-order valence-electron chi connectivity index (χ3n) is 4.05. The van der Waals surface area contributed by atoms with Gasteiger partial charge in [0.05, 0.1) is 12.0 Å². The quantitative estimate of drug-likeness (QED) is 0.555. The van der Waals surface area contributed by atoms with Crippen molar-refractivity contribution in [2.45, 2.75) is 24.4 Å². The molecule has 150 valence electrons. The first kappa shape index (κ1) is 20.1. The average molecular weight is 414 g/mol. The van der Waals surface area contributed by atoms with E-state index in [0.717, 1.165) is 16.6 Å². The number of nitrogens with zero attached hydrogens (tertiary/aromatic N) is 4. The highest BCUT2D eigenvalue weighted by Gasteiger charge is 2.37. The van der Waals surface area contributed by atoms with Crippen molar-refractivity contribution in [2.75, 3.05) is 13.1 Å². The molecule has 0 saturated carbocycles. The van der Waals surface area contributed by atoms with Gasteiger partial charge in [-0.05, 0) is 25.1 Å². The number of aromatic nitrogens is 3. The summed E-state index contributed by atoms with van der Waals surface area (Å²) in [5, 5.41) is 3.78. The molecular weight excluding hydrogens is 397 g/mol. The maximum absolute atomic E-state index is 13.2. The number of sulfonamides is 1. The molecule has 0 aliphatic heterocycles. The second-order valence-electron chi connectivity index (χ2n) is 5.96. The standard InChI is InChI=1S/C17H17F3N4O3S/c1-3-9-23(10-7-13-5-4-11-27-13)28(25,26)15-12(2)22-24-14(17(18,19)20)6-8-21-16(15)24/h3-6,8,11H,1,7,9-10H2,2H3. The van der Waals surface area contributed by atoms with Gasteiger partial charge in [0, 0.05) is 25.7 Å². The second kappa shape index (κ2) is 7.40. The van der Waals surface area contributed by atoms with E-state index in [9.17, 15) is 21.6 Å². The average Bonchev–Trinajstić information content (AvgIpc) is 3.23. The fraction of sp³-hybridized carbons (Fsp3) is 0.294. The molecule has 0 saturated heterocycles. The zero-order chi connectivity index (χ0) is 20.5. The van der Waals surface area contributed by atoms with Crippen LogP contribution in [-0.2, 0) is 22.6 Å². The molecule has 0 aliphatic rings. The van der Waals surface area contributed by atoms with Crippen molar-refractivity contribution in [3.05, 3.63) is 60.5 Å². The third kappa shape index (κ3) is 3.67. The van der Waals surface area contributed by atoms with Gasteiger partial charge in [-0.15, -0.1) is 6.58 Å². The Hall–Kier alpha value is -2.66. The molecule has 0 aliphatic carbocycles. The lowest BCUT2D eigenvalue weighted by Gasteiger charge is -2.20. The lowest BCUT2D eigenvalue weighted by Crippen LogP contribution is -2.33. The van der Waals surface area contributed by atoms with Crippen LogP contribution in [0, 0.1) is 6.92 Å². The largest absolute Gasteiger partial charge is 0.469 e. The molecule has 0 N–H and O–H groups in total. The van der Waals surface area contributed by atoms with Gasteiger partial charge < -0.3 is 4.42 Å². The normalized spacial score (nSPS) is 12.8. The molecular formula is C17H17F3N4O3S. The molecule has 3 rings (SSSR count). The first-order valence-corrected chi connectivity index (χ1v) is 9.65. The van der Waals surface area contributed by atoms with E-state index in [1.54, 1.807) is 12.1 Å². The first-order chi connectivity index (χ1) is 13.2. The SMILES string of the molecule is C=CCN(CCc1ccco1)S(=O)(=O)c1c(C)nn2c(C(F)(F)F)ccnc12. The van der Waals surface area contributed by atoms with Crippen molar-refractivity contribution in [1.29, 1.82) is 0 Å². The Morgan fingerprint density at radius 1 is 1.36 bits per heavy atom. The Morgan fingerprint density at radius 3 is 2.71 bits per heavy atom. The van der Waals surface area contributed by atoms with E-state index in [0.29, 0.717) is 16.7 Å². The lowest BCUT2D eigenvalue weighted by molar-refractivity contribution is -0.142. The summed E-state index contributed by atoms with van der Waals surface area (Å²) in [6, 6.07) is 4.13. The van der Waals surface area contributed by atoms with Crippen LogP contribution in [-0.4, -0.2) is 40.4 Å². The zero-order valence-corrected chi connectivity index (χ0v) is 15.7. The summed E-state index contributed by atoms with van der Waals surface area (Å²) in [6.07, 6.45) is -0.631. The van der Waals surface area contributed by atoms with Crippen LogP contribution in [0.4, 0.5) is 13.2 Å². The maximum Gasteiger partial charge on any atom is 0.433 e. The van der Waals surface area contributed by atoms with Gasteiger partial charge in [0.25, 0.3) is 0 Å². The van der Waals surface area contributed by atoms with Crippen molar-refractivity contribution in [1.82, 2.24) is 18.9 Å². The van der Waals surface area contributed by atoms with Gasteiger partial charge >= 0.3 is 6.18 Å². The van der Waals surface area contributed by atoms with Gasteiger partial charge in [0.1, 0.15) is 16.3 Å². The van der Waals surface area contributed by atoms with Crippen molar-refractivity contribution < 1.29 is 26.0 Å². The van der Waals surface area contributed by atoms with Crippen LogP contribution in [0.2, 0.25) is 0 Å². The van der Waals surface area contributed by atoms with Gasteiger partial charge in [0.15, 0.2) is 5.65 Å². The Labute approximate surface area is 159 Å². The first-order valence-electron chi connectivity index (χ1n) is 8.21. The van der Waals surface area contributed by atoms with Crippen LogP contribution in [0.15, 0.2) is 52.6 Å². The number of fused-ring (bicyclic) bond motifs is 1. The number of aryl methyl sites for hydroxylation is 1. The summed E-state index contributed by atoms with van der Waals surface area (Å²) >= 11 is 0. The summed E-state index contributed by atoms with van der Waals surface area (Å²) in [6.45, 7) is 4.91. The lowest BCUT2D eigenvalue weighted by atomic mass is 10.3. The molecule has 0 bridgehead atoms. The summed E-state index contributed by atoms with van der Waals surface area (Å²) in [5.41, 5.74) is -1.55. The molecule has 3 aromatic heterocycles. The van der Waals surface area contributed by atoms with Gasteiger partial charge in [0.2, 0.25) is 10.0 Å². The van der Waals surface area contributed by atoms with E-state index in [1.165, 1.54) is 19.3 Å². The van der Waals surface area contributed by atoms with Crippen LogP contribution >= 0.6 is 0 Å². The van der Waals surface area contributed by atoms with E-state index in [1.807, 2.05) is 0 Å². The van der Waals surface area contributed by atoms with Crippen LogP contribution in [0.25, 0.3) is 5.65 Å². The van der Waals surface area contributed by atoms with Crippen molar-refractivity contribution in [3.63, 3.8) is 0 Å². The van der Waals surface area contributed by atoms with Crippen molar-refractivity contribution in [2.24, 2.45) is 0 Å². The zero-order valence-electron chi connectivity index (χ0n) is 14.8. The number of furan rings is 1. The van der Waals surface area contributed by atoms with E-state index in [2.05, 4.69) is 16.7 Å². The van der Waals surface area contributed by atoms with Gasteiger partial charge in [-0.1, -0.05) is 6.08 Å². The van der Waals surface area contributed by atoms with Crippen LogP contribution in [0.1, 0.15) is 17.1 Å². The minimum absolute atomic E-state index is 0.0290. The predicted octanol–water partition coefficient (Wildman–Crippen LogP) is 3.07. The van der Waals surface area contributed by atoms with E-state index >= 15 is 0 Å². The maximum atomic E-state index is 13.2. The molecule has 0 spiro atoms. The monoisotopic (exact) mass is 414 g/mol. The molecule has 0 radical (unpaired) electrons. The highest BCUT2D eigenvalue weighted by atomic mass is 32.2. The number of hydrogen-bond acceptors (Lipinski definition) is 5.